The first-order valence-electron chi connectivity index (χ1n) is 8.34. The van der Waals surface area contributed by atoms with Crippen LogP contribution in [0.25, 0.3) is 0 Å². The van der Waals surface area contributed by atoms with Crippen LogP contribution in [0.15, 0.2) is 47.6 Å². The van der Waals surface area contributed by atoms with Gasteiger partial charge in [-0.05, 0) is 38.3 Å². The van der Waals surface area contributed by atoms with Gasteiger partial charge in [0.05, 0.1) is 21.0 Å². The highest BCUT2D eigenvalue weighted by atomic mass is 31.3. The third-order valence-electron chi connectivity index (χ3n) is 3.49. The number of allylic oxidation sites excluding steroid dienone is 2. The number of ether oxygens (including phenoxy) is 1. The smallest absolute Gasteiger partial charge is 0.272 e. The van der Waals surface area contributed by atoms with E-state index in [-0.39, 0.29) is 6.61 Å². The molecular formula is C17H23O9P2-3. The van der Waals surface area contributed by atoms with Crippen molar-refractivity contribution in [1.82, 2.24) is 0 Å². The summed E-state index contributed by atoms with van der Waals surface area (Å²) in [6.07, 6.45) is 4.69. The predicted molar refractivity (Wildman–Crippen MR) is 96.9 cm³/mol. The molecule has 0 aliphatic heterocycles. The third kappa shape index (κ3) is 10.9. The highest BCUT2D eigenvalue weighted by molar-refractivity contribution is 7.58. The number of benzene rings is 1. The molecule has 1 N–H and O–H groups in total. The molecule has 11 heteroatoms. The number of hydrogen-bond donors (Lipinski definition) is 1. The van der Waals surface area contributed by atoms with Gasteiger partial charge < -0.3 is 33.6 Å². The minimum atomic E-state index is -5.67. The van der Waals surface area contributed by atoms with Crippen molar-refractivity contribution in [1.29, 1.82) is 0 Å². The molecule has 0 spiro atoms. The SMILES string of the molecule is C/C(=C\COP(=O)([O-])OP(=O)([O-])[O-])CC/C=C(\C)COc1ccccc1CO. The van der Waals surface area contributed by atoms with Gasteiger partial charge >= 0.3 is 0 Å². The Morgan fingerprint density at radius 3 is 2.43 bits per heavy atom. The number of para-hydroxylation sites is 1. The molecule has 28 heavy (non-hydrogen) atoms. The molecule has 0 amide bonds. The van der Waals surface area contributed by atoms with E-state index >= 15 is 0 Å². The first kappa shape index (κ1) is 24.8. The standard InChI is InChI=1S/C17H26O9P2/c1-14(10-11-25-28(22,23)26-27(19,20)21)6-5-7-15(2)13-24-17-9-4-3-8-16(17)12-18/h3-4,7-10,18H,5-6,11-13H2,1-2H3,(H,22,23)(H2,19,20,21)/p-3/b14-10+,15-7+. The van der Waals surface area contributed by atoms with Gasteiger partial charge in [-0.25, -0.2) is 0 Å². The average molecular weight is 433 g/mol. The van der Waals surface area contributed by atoms with Gasteiger partial charge in [0.25, 0.3) is 7.82 Å². The monoisotopic (exact) mass is 433 g/mol. The van der Waals surface area contributed by atoms with Gasteiger partial charge in [0.1, 0.15) is 12.4 Å². The van der Waals surface area contributed by atoms with E-state index in [1.165, 1.54) is 6.08 Å². The van der Waals surface area contributed by atoms with Crippen LogP contribution >= 0.6 is 15.6 Å². The lowest BCUT2D eigenvalue weighted by Gasteiger charge is -2.34. The second kappa shape index (κ2) is 11.7. The van der Waals surface area contributed by atoms with Gasteiger partial charge in [0.2, 0.25) is 0 Å². The van der Waals surface area contributed by atoms with Crippen molar-refractivity contribution in [2.45, 2.75) is 33.3 Å². The highest BCUT2D eigenvalue weighted by Gasteiger charge is 2.10. The highest BCUT2D eigenvalue weighted by Crippen LogP contribution is 2.50. The van der Waals surface area contributed by atoms with Crippen molar-refractivity contribution in [2.75, 3.05) is 13.2 Å². The summed E-state index contributed by atoms with van der Waals surface area (Å²) in [6.45, 7) is 3.48. The summed E-state index contributed by atoms with van der Waals surface area (Å²) in [6, 6.07) is 7.20. The summed E-state index contributed by atoms with van der Waals surface area (Å²) in [4.78, 5) is 31.7. The zero-order chi connectivity index (χ0) is 21.2. The van der Waals surface area contributed by atoms with Crippen LogP contribution < -0.4 is 19.4 Å². The Labute approximate surface area is 164 Å². The lowest BCUT2D eigenvalue weighted by molar-refractivity contribution is -0.339. The predicted octanol–water partition coefficient (Wildman–Crippen LogP) is 1.56. The Kier molecular flexibility index (Phi) is 10.3. The number of aliphatic hydroxyl groups excluding tert-OH is 1. The molecule has 9 nitrogen and oxygen atoms in total. The summed E-state index contributed by atoms with van der Waals surface area (Å²) in [7, 11) is -10.9. The summed E-state index contributed by atoms with van der Waals surface area (Å²) < 4.78 is 34.7. The summed E-state index contributed by atoms with van der Waals surface area (Å²) in [5, 5.41) is 9.26. The molecule has 1 aromatic rings. The molecule has 0 aliphatic rings. The minimum absolute atomic E-state index is 0.104. The molecule has 1 aromatic carbocycles. The molecule has 0 bridgehead atoms. The molecule has 1 rings (SSSR count). The Bertz CT molecular complexity index is 783. The van der Waals surface area contributed by atoms with Crippen LogP contribution in [0.2, 0.25) is 0 Å². The van der Waals surface area contributed by atoms with Crippen molar-refractivity contribution in [3.8, 4) is 5.75 Å². The van der Waals surface area contributed by atoms with Crippen LogP contribution in [0.5, 0.6) is 5.75 Å². The Morgan fingerprint density at radius 2 is 1.79 bits per heavy atom. The number of hydrogen-bond acceptors (Lipinski definition) is 9. The number of phosphoric acid groups is 2. The maximum atomic E-state index is 11.1. The minimum Gasteiger partial charge on any atom is -0.790 e. The van der Waals surface area contributed by atoms with Gasteiger partial charge in [0, 0.05) is 5.56 Å². The zero-order valence-corrected chi connectivity index (χ0v) is 17.4. The summed E-state index contributed by atoms with van der Waals surface area (Å²) in [5.41, 5.74) is 2.50. The largest absolute Gasteiger partial charge is 0.790 e. The van der Waals surface area contributed by atoms with E-state index in [1.807, 2.05) is 25.1 Å². The van der Waals surface area contributed by atoms with E-state index in [4.69, 9.17) is 4.74 Å². The fourth-order valence-electron chi connectivity index (χ4n) is 2.09. The van der Waals surface area contributed by atoms with Crippen LogP contribution in [0, 0.1) is 0 Å². The second-order valence-corrected chi connectivity index (χ2v) is 8.67. The van der Waals surface area contributed by atoms with Crippen LogP contribution in [0.4, 0.5) is 0 Å². The molecule has 158 valence electrons. The van der Waals surface area contributed by atoms with Crippen LogP contribution in [0.3, 0.4) is 0 Å². The topological polar surface area (TPSA) is 151 Å². The Balaban J connectivity index is 2.39. The first-order valence-corrected chi connectivity index (χ1v) is 11.3. The quantitative estimate of drug-likeness (QED) is 0.382. The van der Waals surface area contributed by atoms with E-state index in [0.717, 1.165) is 11.1 Å². The van der Waals surface area contributed by atoms with E-state index in [0.29, 0.717) is 30.8 Å². The second-order valence-electron chi connectivity index (χ2n) is 5.97. The third-order valence-corrected chi connectivity index (χ3v) is 5.56. The van der Waals surface area contributed by atoms with Gasteiger partial charge in [0.15, 0.2) is 0 Å². The van der Waals surface area contributed by atoms with Gasteiger partial charge in [-0.1, -0.05) is 35.9 Å². The molecule has 1 unspecified atom stereocenters. The molecule has 1 atom stereocenters. The molecule has 0 aromatic heterocycles. The zero-order valence-electron chi connectivity index (χ0n) is 15.6. The van der Waals surface area contributed by atoms with Crippen molar-refractivity contribution >= 4 is 15.6 Å². The molecule has 0 radical (unpaired) electrons. The van der Waals surface area contributed by atoms with Crippen molar-refractivity contribution in [3.63, 3.8) is 0 Å². The van der Waals surface area contributed by atoms with Crippen LogP contribution in [-0.4, -0.2) is 18.3 Å². The van der Waals surface area contributed by atoms with Crippen molar-refractivity contribution in [3.05, 3.63) is 53.1 Å². The summed E-state index contributed by atoms with van der Waals surface area (Å²) in [5.74, 6) is 0.621. The van der Waals surface area contributed by atoms with E-state index in [9.17, 15) is 28.9 Å². The van der Waals surface area contributed by atoms with Crippen LogP contribution in [0.1, 0.15) is 32.3 Å². The van der Waals surface area contributed by atoms with Crippen LogP contribution in [-0.2, 0) is 24.6 Å². The average Bonchev–Trinajstić information content (AvgIpc) is 2.57. The Morgan fingerprint density at radius 1 is 1.11 bits per heavy atom. The van der Waals surface area contributed by atoms with E-state index < -0.39 is 22.3 Å². The van der Waals surface area contributed by atoms with Crippen molar-refractivity contribution in [2.24, 2.45) is 0 Å². The number of aliphatic hydroxyl groups is 1. The van der Waals surface area contributed by atoms with Gasteiger partial charge in [-0.15, -0.1) is 0 Å². The maximum Gasteiger partial charge on any atom is 0.272 e. The lowest BCUT2D eigenvalue weighted by Crippen LogP contribution is -2.19. The Hall–Kier alpha value is -1.28. The molecule has 0 heterocycles. The van der Waals surface area contributed by atoms with Gasteiger partial charge in [-0.2, -0.15) is 0 Å². The van der Waals surface area contributed by atoms with E-state index in [2.05, 4.69) is 8.83 Å². The maximum absolute atomic E-state index is 11.1. The van der Waals surface area contributed by atoms with E-state index in [1.54, 1.807) is 19.1 Å². The normalized spacial score (nSPS) is 15.4. The fraction of sp³-hybridized carbons (Fsp3) is 0.412. The fourth-order valence-corrected chi connectivity index (χ4v) is 3.52. The number of rotatable bonds is 12. The van der Waals surface area contributed by atoms with Gasteiger partial charge in [-0.3, -0.25) is 8.88 Å². The molecular weight excluding hydrogens is 410 g/mol. The summed E-state index contributed by atoms with van der Waals surface area (Å²) >= 11 is 0. The molecule has 0 fully saturated rings. The van der Waals surface area contributed by atoms with Crippen molar-refractivity contribution < 1.29 is 42.5 Å². The number of phosphoric ester groups is 1. The molecule has 0 saturated heterocycles. The molecule has 0 saturated carbocycles. The first-order chi connectivity index (χ1) is 13.0. The lowest BCUT2D eigenvalue weighted by atomic mass is 10.1. The molecule has 0 aliphatic carbocycles.